The summed E-state index contributed by atoms with van der Waals surface area (Å²) < 4.78 is 31.1. The standard InChI is InChI=1S/C30H26FN5O4/c1-18-23-13-20(21-14-24(31)30(38-2)33-16-21)15-27(28(23)35-17-34-18)40-12-11-39-22-9-7-19(8-10-22)29(37)36-26-6-4-3-5-25(26)32/h3-10,13-17H,11-12,32H2,1-2H3,(H,36,37). The summed E-state index contributed by atoms with van der Waals surface area (Å²) in [6.07, 6.45) is 3.01. The van der Waals surface area contributed by atoms with Gasteiger partial charge in [-0.3, -0.25) is 4.79 Å². The highest BCUT2D eigenvalue weighted by Crippen LogP contribution is 2.33. The van der Waals surface area contributed by atoms with Gasteiger partial charge in [-0.2, -0.15) is 0 Å². The lowest BCUT2D eigenvalue weighted by Crippen LogP contribution is -2.13. The molecule has 0 saturated carbocycles. The molecule has 0 fully saturated rings. The van der Waals surface area contributed by atoms with Crippen molar-refractivity contribution in [3.8, 4) is 28.5 Å². The van der Waals surface area contributed by atoms with E-state index in [-0.39, 0.29) is 25.0 Å². The minimum atomic E-state index is -0.565. The van der Waals surface area contributed by atoms with Crippen LogP contribution in [-0.2, 0) is 0 Å². The maximum absolute atomic E-state index is 14.3. The van der Waals surface area contributed by atoms with Crippen molar-refractivity contribution in [2.24, 2.45) is 0 Å². The largest absolute Gasteiger partial charge is 0.490 e. The van der Waals surface area contributed by atoms with Crippen LogP contribution >= 0.6 is 0 Å². The molecular formula is C30H26FN5O4. The van der Waals surface area contributed by atoms with Gasteiger partial charge in [0.25, 0.3) is 5.91 Å². The van der Waals surface area contributed by atoms with Crippen LogP contribution in [0.2, 0.25) is 0 Å². The Morgan fingerprint density at radius 2 is 1.73 bits per heavy atom. The molecule has 2 aromatic heterocycles. The van der Waals surface area contributed by atoms with E-state index in [1.54, 1.807) is 54.6 Å². The number of para-hydroxylation sites is 2. The molecule has 5 rings (SSSR count). The van der Waals surface area contributed by atoms with Crippen molar-refractivity contribution in [1.82, 2.24) is 15.0 Å². The lowest BCUT2D eigenvalue weighted by molar-refractivity contribution is 0.102. The third-order valence-corrected chi connectivity index (χ3v) is 6.17. The van der Waals surface area contributed by atoms with Gasteiger partial charge in [-0.05, 0) is 67.1 Å². The topological polar surface area (TPSA) is 121 Å². The average molecular weight is 540 g/mol. The van der Waals surface area contributed by atoms with Crippen molar-refractivity contribution in [2.75, 3.05) is 31.4 Å². The van der Waals surface area contributed by atoms with Crippen LogP contribution in [-0.4, -0.2) is 41.2 Å². The summed E-state index contributed by atoms with van der Waals surface area (Å²) in [6.45, 7) is 2.32. The number of methoxy groups -OCH3 is 1. The molecule has 3 N–H and O–H groups in total. The second-order valence-electron chi connectivity index (χ2n) is 8.81. The zero-order chi connectivity index (χ0) is 28.1. The molecule has 0 spiro atoms. The zero-order valence-electron chi connectivity index (χ0n) is 21.8. The number of anilines is 2. The highest BCUT2D eigenvalue weighted by Gasteiger charge is 2.14. The van der Waals surface area contributed by atoms with Crippen molar-refractivity contribution in [1.29, 1.82) is 0 Å². The Bertz CT molecular complexity index is 1680. The third kappa shape index (κ3) is 5.75. The number of nitrogens with one attached hydrogen (secondary N) is 1. The summed E-state index contributed by atoms with van der Waals surface area (Å²) in [4.78, 5) is 25.2. The van der Waals surface area contributed by atoms with E-state index in [1.165, 1.54) is 25.7 Å². The normalized spacial score (nSPS) is 10.8. The maximum Gasteiger partial charge on any atom is 0.255 e. The highest BCUT2D eigenvalue weighted by molar-refractivity contribution is 6.05. The fraction of sp³-hybridized carbons (Fsp3) is 0.133. The Morgan fingerprint density at radius 1 is 0.950 bits per heavy atom. The molecule has 0 saturated heterocycles. The summed E-state index contributed by atoms with van der Waals surface area (Å²) in [7, 11) is 1.36. The van der Waals surface area contributed by atoms with E-state index in [9.17, 15) is 9.18 Å². The molecular weight excluding hydrogens is 513 g/mol. The Kier molecular flexibility index (Phi) is 7.68. The summed E-state index contributed by atoms with van der Waals surface area (Å²) in [6, 6.07) is 18.8. The molecule has 1 amide bonds. The Morgan fingerprint density at radius 3 is 2.48 bits per heavy atom. The molecule has 3 aromatic carbocycles. The van der Waals surface area contributed by atoms with Crippen LogP contribution in [0.15, 0.2) is 79.3 Å². The molecule has 0 aliphatic carbocycles. The first kappa shape index (κ1) is 26.4. The molecule has 0 aliphatic heterocycles. The van der Waals surface area contributed by atoms with Gasteiger partial charge in [-0.1, -0.05) is 12.1 Å². The summed E-state index contributed by atoms with van der Waals surface area (Å²) in [5.74, 6) is 0.168. The quantitative estimate of drug-likeness (QED) is 0.188. The molecule has 0 bridgehead atoms. The number of halogens is 1. The van der Waals surface area contributed by atoms with Crippen LogP contribution in [0, 0.1) is 12.7 Å². The second-order valence-corrected chi connectivity index (χ2v) is 8.81. The number of amides is 1. The van der Waals surface area contributed by atoms with E-state index in [0.29, 0.717) is 45.1 Å². The maximum atomic E-state index is 14.3. The first-order valence-electron chi connectivity index (χ1n) is 12.4. The predicted octanol–water partition coefficient (Wildman–Crippen LogP) is 5.44. The number of fused-ring (bicyclic) bond motifs is 1. The summed E-state index contributed by atoms with van der Waals surface area (Å²) in [5, 5.41) is 3.57. The van der Waals surface area contributed by atoms with Gasteiger partial charge in [0.15, 0.2) is 5.82 Å². The number of hydrogen-bond donors (Lipinski definition) is 2. The van der Waals surface area contributed by atoms with Crippen LogP contribution in [0.5, 0.6) is 17.4 Å². The zero-order valence-corrected chi connectivity index (χ0v) is 21.8. The van der Waals surface area contributed by atoms with E-state index in [4.69, 9.17) is 19.9 Å². The monoisotopic (exact) mass is 539 g/mol. The van der Waals surface area contributed by atoms with Gasteiger partial charge < -0.3 is 25.3 Å². The molecule has 2 heterocycles. The van der Waals surface area contributed by atoms with Gasteiger partial charge in [0.05, 0.1) is 18.5 Å². The lowest BCUT2D eigenvalue weighted by Gasteiger charge is -2.13. The number of rotatable bonds is 9. The number of aromatic nitrogens is 3. The smallest absolute Gasteiger partial charge is 0.255 e. The number of ether oxygens (including phenoxy) is 3. The van der Waals surface area contributed by atoms with Crippen molar-refractivity contribution in [3.63, 3.8) is 0 Å². The van der Waals surface area contributed by atoms with Crippen molar-refractivity contribution < 1.29 is 23.4 Å². The number of benzene rings is 3. The number of nitrogens with two attached hydrogens (primary N) is 1. The van der Waals surface area contributed by atoms with E-state index < -0.39 is 5.82 Å². The number of hydrogen-bond acceptors (Lipinski definition) is 8. The Labute approximate surface area is 229 Å². The van der Waals surface area contributed by atoms with E-state index in [2.05, 4.69) is 20.3 Å². The van der Waals surface area contributed by atoms with Crippen molar-refractivity contribution in [2.45, 2.75) is 6.92 Å². The minimum absolute atomic E-state index is 0.0766. The van der Waals surface area contributed by atoms with Crippen LogP contribution < -0.4 is 25.3 Å². The molecule has 0 atom stereocenters. The number of nitrogens with zero attached hydrogens (tertiary/aromatic N) is 3. The number of carbonyl (C=O) groups excluding carboxylic acids is 1. The van der Waals surface area contributed by atoms with Crippen LogP contribution in [0.1, 0.15) is 16.1 Å². The number of nitrogen functional groups attached to an aromatic ring is 1. The predicted molar refractivity (Wildman–Crippen MR) is 150 cm³/mol. The molecule has 0 unspecified atom stereocenters. The second kappa shape index (κ2) is 11.6. The number of pyridine rings is 1. The highest BCUT2D eigenvalue weighted by atomic mass is 19.1. The fourth-order valence-corrected chi connectivity index (χ4v) is 4.09. The van der Waals surface area contributed by atoms with Gasteiger partial charge in [0.1, 0.15) is 36.6 Å². The summed E-state index contributed by atoms with van der Waals surface area (Å²) in [5.41, 5.74) is 10.1. The first-order chi connectivity index (χ1) is 19.4. The van der Waals surface area contributed by atoms with Crippen LogP contribution in [0.25, 0.3) is 22.0 Å². The Hall–Kier alpha value is -5.25. The van der Waals surface area contributed by atoms with Gasteiger partial charge in [0.2, 0.25) is 5.88 Å². The SMILES string of the molecule is COc1ncc(-c2cc(OCCOc3ccc(C(=O)Nc4ccccc4N)cc3)c3ncnc(C)c3c2)cc1F. The van der Waals surface area contributed by atoms with Crippen molar-refractivity contribution in [3.05, 3.63) is 96.3 Å². The van der Waals surface area contributed by atoms with Crippen molar-refractivity contribution >= 4 is 28.2 Å². The molecule has 0 aliphatic rings. The molecule has 0 radical (unpaired) electrons. The fourth-order valence-electron chi connectivity index (χ4n) is 4.09. The molecule has 5 aromatic rings. The number of carbonyl (C=O) groups is 1. The van der Waals surface area contributed by atoms with E-state index >= 15 is 0 Å². The van der Waals surface area contributed by atoms with Gasteiger partial charge in [-0.15, -0.1) is 0 Å². The molecule has 202 valence electrons. The van der Waals surface area contributed by atoms with Gasteiger partial charge in [-0.25, -0.2) is 19.3 Å². The molecule has 9 nitrogen and oxygen atoms in total. The third-order valence-electron chi connectivity index (χ3n) is 6.17. The first-order valence-corrected chi connectivity index (χ1v) is 12.4. The average Bonchev–Trinajstić information content (AvgIpc) is 2.97. The van der Waals surface area contributed by atoms with E-state index in [0.717, 1.165) is 11.1 Å². The Balaban J connectivity index is 1.25. The summed E-state index contributed by atoms with van der Waals surface area (Å²) >= 11 is 0. The van der Waals surface area contributed by atoms with Crippen LogP contribution in [0.4, 0.5) is 15.8 Å². The van der Waals surface area contributed by atoms with Crippen LogP contribution in [0.3, 0.4) is 0 Å². The van der Waals surface area contributed by atoms with E-state index in [1.807, 2.05) is 13.0 Å². The molecule has 10 heteroatoms. The lowest BCUT2D eigenvalue weighted by atomic mass is 10.0. The minimum Gasteiger partial charge on any atom is -0.490 e. The van der Waals surface area contributed by atoms with Gasteiger partial charge >= 0.3 is 0 Å². The van der Waals surface area contributed by atoms with Gasteiger partial charge in [0, 0.05) is 28.4 Å². The number of aryl methyl sites for hydroxylation is 1. The molecule has 40 heavy (non-hydrogen) atoms.